The monoisotopic (exact) mass is 264 g/mol. The SMILES string of the molecule is Nc1cc(C2CCC(OC(=O)NC3CCC3)C2)[nH]n1. The average Bonchev–Trinajstić information content (AvgIpc) is 2.93. The number of amides is 1. The Hall–Kier alpha value is -1.72. The van der Waals surface area contributed by atoms with Gasteiger partial charge in [0.15, 0.2) is 0 Å². The lowest BCUT2D eigenvalue weighted by Gasteiger charge is -2.26. The highest BCUT2D eigenvalue weighted by Gasteiger charge is 2.30. The van der Waals surface area contributed by atoms with Gasteiger partial charge >= 0.3 is 6.09 Å². The van der Waals surface area contributed by atoms with Crippen LogP contribution in [-0.4, -0.2) is 28.4 Å². The largest absolute Gasteiger partial charge is 0.446 e. The van der Waals surface area contributed by atoms with Crippen LogP contribution in [0.5, 0.6) is 0 Å². The number of ether oxygens (including phenoxy) is 1. The Labute approximate surface area is 112 Å². The molecule has 1 aromatic heterocycles. The fourth-order valence-electron chi connectivity index (χ4n) is 2.80. The Bertz CT molecular complexity index is 455. The minimum Gasteiger partial charge on any atom is -0.446 e. The van der Waals surface area contributed by atoms with Crippen LogP contribution in [0.15, 0.2) is 6.07 Å². The lowest BCUT2D eigenvalue weighted by atomic mass is 9.93. The lowest BCUT2D eigenvalue weighted by molar-refractivity contribution is 0.0932. The van der Waals surface area contributed by atoms with Crippen LogP contribution < -0.4 is 11.1 Å². The number of nitrogens with one attached hydrogen (secondary N) is 2. The smallest absolute Gasteiger partial charge is 0.407 e. The topological polar surface area (TPSA) is 93.0 Å². The second kappa shape index (κ2) is 5.11. The van der Waals surface area contributed by atoms with Gasteiger partial charge in [0.05, 0.1) is 0 Å². The van der Waals surface area contributed by atoms with E-state index in [4.69, 9.17) is 10.5 Å². The Morgan fingerprint density at radius 2 is 2.26 bits per heavy atom. The number of aromatic amines is 1. The number of aromatic nitrogens is 2. The first-order chi connectivity index (χ1) is 9.20. The molecule has 104 valence electrons. The molecular formula is C13H20N4O2. The van der Waals surface area contributed by atoms with Crippen molar-refractivity contribution in [2.75, 3.05) is 5.73 Å². The molecule has 2 atom stereocenters. The van der Waals surface area contributed by atoms with Crippen LogP contribution in [0.1, 0.15) is 50.1 Å². The molecule has 2 unspecified atom stereocenters. The summed E-state index contributed by atoms with van der Waals surface area (Å²) in [5.74, 6) is 0.883. The highest BCUT2D eigenvalue weighted by molar-refractivity contribution is 5.68. The molecule has 19 heavy (non-hydrogen) atoms. The summed E-state index contributed by atoms with van der Waals surface area (Å²) >= 11 is 0. The fraction of sp³-hybridized carbons (Fsp3) is 0.692. The number of nitrogen functional groups attached to an aromatic ring is 1. The highest BCUT2D eigenvalue weighted by Crippen LogP contribution is 2.35. The Balaban J connectivity index is 1.47. The van der Waals surface area contributed by atoms with E-state index in [-0.39, 0.29) is 12.2 Å². The number of anilines is 1. The third-order valence-electron chi connectivity index (χ3n) is 4.14. The van der Waals surface area contributed by atoms with Gasteiger partial charge in [-0.25, -0.2) is 4.79 Å². The molecule has 3 rings (SSSR count). The summed E-state index contributed by atoms with van der Waals surface area (Å²) < 4.78 is 5.46. The van der Waals surface area contributed by atoms with Gasteiger partial charge in [-0.2, -0.15) is 5.10 Å². The molecule has 4 N–H and O–H groups in total. The number of nitrogens with zero attached hydrogens (tertiary/aromatic N) is 1. The zero-order valence-corrected chi connectivity index (χ0v) is 10.9. The summed E-state index contributed by atoms with van der Waals surface area (Å²) in [5.41, 5.74) is 6.64. The number of hydrogen-bond acceptors (Lipinski definition) is 4. The first-order valence-electron chi connectivity index (χ1n) is 6.98. The van der Waals surface area contributed by atoms with Crippen molar-refractivity contribution in [3.05, 3.63) is 11.8 Å². The van der Waals surface area contributed by atoms with E-state index in [0.717, 1.165) is 37.8 Å². The molecule has 2 aliphatic rings. The van der Waals surface area contributed by atoms with Crippen molar-refractivity contribution in [3.8, 4) is 0 Å². The van der Waals surface area contributed by atoms with Gasteiger partial charge in [-0.15, -0.1) is 0 Å². The Morgan fingerprint density at radius 3 is 2.89 bits per heavy atom. The first kappa shape index (κ1) is 12.3. The minimum atomic E-state index is -0.264. The summed E-state index contributed by atoms with van der Waals surface area (Å²) in [6.07, 6.45) is 5.86. The van der Waals surface area contributed by atoms with Crippen molar-refractivity contribution in [2.45, 2.75) is 56.6 Å². The van der Waals surface area contributed by atoms with Crippen LogP contribution in [0.3, 0.4) is 0 Å². The van der Waals surface area contributed by atoms with Crippen LogP contribution in [0.4, 0.5) is 10.6 Å². The zero-order valence-electron chi connectivity index (χ0n) is 10.9. The molecule has 2 aliphatic carbocycles. The van der Waals surface area contributed by atoms with Crippen molar-refractivity contribution in [1.82, 2.24) is 15.5 Å². The maximum Gasteiger partial charge on any atom is 0.407 e. The molecule has 0 radical (unpaired) electrons. The molecule has 0 aromatic carbocycles. The van der Waals surface area contributed by atoms with Gasteiger partial charge in [-0.1, -0.05) is 0 Å². The van der Waals surface area contributed by atoms with Crippen LogP contribution >= 0.6 is 0 Å². The Morgan fingerprint density at radius 1 is 1.42 bits per heavy atom. The number of nitrogens with two attached hydrogens (primary N) is 1. The van der Waals surface area contributed by atoms with E-state index in [1.807, 2.05) is 6.07 Å². The molecule has 6 heteroatoms. The molecule has 2 saturated carbocycles. The van der Waals surface area contributed by atoms with E-state index in [2.05, 4.69) is 15.5 Å². The van der Waals surface area contributed by atoms with E-state index >= 15 is 0 Å². The molecule has 0 saturated heterocycles. The van der Waals surface area contributed by atoms with Crippen molar-refractivity contribution in [2.24, 2.45) is 0 Å². The third kappa shape index (κ3) is 2.83. The standard InChI is InChI=1S/C13H20N4O2/c14-12-7-11(16-17-12)8-4-5-10(6-8)19-13(18)15-9-2-1-3-9/h7-10H,1-6H2,(H,15,18)(H3,14,16,17). The number of H-pyrrole nitrogens is 1. The fourth-order valence-corrected chi connectivity index (χ4v) is 2.80. The third-order valence-corrected chi connectivity index (χ3v) is 4.14. The maximum absolute atomic E-state index is 11.7. The maximum atomic E-state index is 11.7. The predicted molar refractivity (Wildman–Crippen MR) is 70.6 cm³/mol. The van der Waals surface area contributed by atoms with E-state index in [0.29, 0.717) is 17.8 Å². The predicted octanol–water partition coefficient (Wildman–Crippen LogP) is 1.91. The molecule has 0 bridgehead atoms. The first-order valence-corrected chi connectivity index (χ1v) is 6.98. The number of carbonyl (C=O) groups is 1. The van der Waals surface area contributed by atoms with Gasteiger partial charge in [0.1, 0.15) is 11.9 Å². The molecule has 2 fully saturated rings. The van der Waals surface area contributed by atoms with Gasteiger partial charge < -0.3 is 15.8 Å². The van der Waals surface area contributed by atoms with Crippen LogP contribution in [0.25, 0.3) is 0 Å². The molecule has 0 aliphatic heterocycles. The summed E-state index contributed by atoms with van der Waals surface area (Å²) in [5, 5.41) is 9.78. The van der Waals surface area contributed by atoms with E-state index < -0.39 is 0 Å². The van der Waals surface area contributed by atoms with Crippen molar-refractivity contribution >= 4 is 11.9 Å². The average molecular weight is 264 g/mol. The second-order valence-electron chi connectivity index (χ2n) is 5.56. The van der Waals surface area contributed by atoms with Gasteiger partial charge in [-0.05, 0) is 38.5 Å². The number of carbonyl (C=O) groups excluding carboxylic acids is 1. The Kier molecular flexibility index (Phi) is 3.31. The van der Waals surface area contributed by atoms with Crippen LogP contribution in [0.2, 0.25) is 0 Å². The van der Waals surface area contributed by atoms with Crippen molar-refractivity contribution in [1.29, 1.82) is 0 Å². The molecule has 0 spiro atoms. The number of hydrogen-bond donors (Lipinski definition) is 3. The summed E-state index contributed by atoms with van der Waals surface area (Å²) in [7, 11) is 0. The second-order valence-corrected chi connectivity index (χ2v) is 5.56. The van der Waals surface area contributed by atoms with E-state index in [9.17, 15) is 4.79 Å². The minimum absolute atomic E-state index is 0.00889. The number of alkyl carbamates (subject to hydrolysis) is 1. The molecular weight excluding hydrogens is 244 g/mol. The summed E-state index contributed by atoms with van der Waals surface area (Å²) in [4.78, 5) is 11.7. The van der Waals surface area contributed by atoms with Crippen LogP contribution in [-0.2, 0) is 4.74 Å². The summed E-state index contributed by atoms with van der Waals surface area (Å²) in [6, 6.07) is 2.19. The molecule has 1 aromatic rings. The molecule has 6 nitrogen and oxygen atoms in total. The molecule has 1 amide bonds. The number of rotatable bonds is 3. The van der Waals surface area contributed by atoms with E-state index in [1.165, 1.54) is 6.42 Å². The quantitative estimate of drug-likeness (QED) is 0.777. The normalized spacial score (nSPS) is 26.9. The van der Waals surface area contributed by atoms with Crippen LogP contribution in [0, 0.1) is 0 Å². The zero-order chi connectivity index (χ0) is 13.2. The van der Waals surface area contributed by atoms with Gasteiger partial charge in [0, 0.05) is 23.7 Å². The summed E-state index contributed by atoms with van der Waals surface area (Å²) in [6.45, 7) is 0. The van der Waals surface area contributed by atoms with Crippen molar-refractivity contribution in [3.63, 3.8) is 0 Å². The lowest BCUT2D eigenvalue weighted by Crippen LogP contribution is -2.40. The molecule has 1 heterocycles. The van der Waals surface area contributed by atoms with E-state index in [1.54, 1.807) is 0 Å². The highest BCUT2D eigenvalue weighted by atomic mass is 16.6. The van der Waals surface area contributed by atoms with Crippen molar-refractivity contribution < 1.29 is 9.53 Å². The van der Waals surface area contributed by atoms with Gasteiger partial charge in [0.2, 0.25) is 0 Å². The van der Waals surface area contributed by atoms with Gasteiger partial charge in [0.25, 0.3) is 0 Å². The van der Waals surface area contributed by atoms with Gasteiger partial charge in [-0.3, -0.25) is 5.10 Å².